The first-order chi connectivity index (χ1) is 10.6. The summed E-state index contributed by atoms with van der Waals surface area (Å²) in [6.07, 6.45) is 1.71. The molecule has 0 atom stereocenters. The highest BCUT2D eigenvalue weighted by molar-refractivity contribution is 6.42. The van der Waals surface area contributed by atoms with Gasteiger partial charge < -0.3 is 10.2 Å². The quantitative estimate of drug-likeness (QED) is 0.891. The van der Waals surface area contributed by atoms with Gasteiger partial charge in [-0.15, -0.1) is 0 Å². The number of aromatic nitrogens is 1. The highest BCUT2D eigenvalue weighted by atomic mass is 35.5. The lowest BCUT2D eigenvalue weighted by Gasteiger charge is -2.23. The average Bonchev–Trinajstić information content (AvgIpc) is 2.51. The van der Waals surface area contributed by atoms with Gasteiger partial charge in [0.05, 0.1) is 22.3 Å². The molecule has 2 aromatic rings. The number of hydrogen-bond donors (Lipinski definition) is 1. The highest BCUT2D eigenvalue weighted by Crippen LogP contribution is 2.23. The Bertz CT molecular complexity index is 635. The van der Waals surface area contributed by atoms with Crippen molar-refractivity contribution in [3.63, 3.8) is 0 Å². The molecule has 22 heavy (non-hydrogen) atoms. The van der Waals surface area contributed by atoms with Crippen molar-refractivity contribution >= 4 is 29.2 Å². The van der Waals surface area contributed by atoms with Crippen LogP contribution in [-0.2, 0) is 13.1 Å². The van der Waals surface area contributed by atoms with E-state index in [0.29, 0.717) is 29.7 Å². The molecule has 6 heteroatoms. The molecule has 0 bridgehead atoms. The molecule has 0 radical (unpaired) electrons. The lowest BCUT2D eigenvalue weighted by atomic mass is 10.2. The zero-order valence-electron chi connectivity index (χ0n) is 12.2. The monoisotopic (exact) mass is 337 g/mol. The molecule has 2 rings (SSSR count). The van der Waals surface area contributed by atoms with E-state index in [1.54, 1.807) is 23.2 Å². The number of nitrogens with zero attached hydrogens (tertiary/aromatic N) is 2. The van der Waals surface area contributed by atoms with Gasteiger partial charge in [0.25, 0.3) is 0 Å². The molecule has 0 aliphatic heterocycles. The molecule has 0 fully saturated rings. The van der Waals surface area contributed by atoms with Crippen molar-refractivity contribution in [1.29, 1.82) is 0 Å². The standard InChI is InChI=1S/C16H17Cl2N3O/c1-2-19-16(22)21(11-13-5-3-4-8-20-13)10-12-6-7-14(17)15(18)9-12/h3-9H,2,10-11H2,1H3,(H,19,22). The van der Waals surface area contributed by atoms with Crippen LogP contribution in [0.4, 0.5) is 4.79 Å². The fraction of sp³-hybridized carbons (Fsp3) is 0.250. The van der Waals surface area contributed by atoms with Gasteiger partial charge in [0.2, 0.25) is 0 Å². The van der Waals surface area contributed by atoms with E-state index in [1.165, 1.54) is 0 Å². The normalized spacial score (nSPS) is 10.3. The number of urea groups is 1. The molecule has 1 N–H and O–H groups in total. The van der Waals surface area contributed by atoms with E-state index < -0.39 is 0 Å². The number of halogens is 2. The number of carbonyl (C=O) groups is 1. The van der Waals surface area contributed by atoms with Crippen LogP contribution < -0.4 is 5.32 Å². The Hall–Kier alpha value is -1.78. The number of carbonyl (C=O) groups excluding carboxylic acids is 1. The van der Waals surface area contributed by atoms with Gasteiger partial charge in [0, 0.05) is 19.3 Å². The molecule has 0 aliphatic carbocycles. The molecular formula is C16H17Cl2N3O. The number of benzene rings is 1. The molecule has 116 valence electrons. The zero-order valence-corrected chi connectivity index (χ0v) is 13.7. The van der Waals surface area contributed by atoms with Crippen LogP contribution in [0.5, 0.6) is 0 Å². The second-order valence-electron chi connectivity index (χ2n) is 4.76. The minimum Gasteiger partial charge on any atom is -0.338 e. The Morgan fingerprint density at radius 2 is 2.00 bits per heavy atom. The van der Waals surface area contributed by atoms with E-state index in [9.17, 15) is 4.79 Å². The number of rotatable bonds is 5. The topological polar surface area (TPSA) is 45.2 Å². The summed E-state index contributed by atoms with van der Waals surface area (Å²) in [7, 11) is 0. The van der Waals surface area contributed by atoms with Gasteiger partial charge in [-0.25, -0.2) is 4.79 Å². The van der Waals surface area contributed by atoms with Crippen LogP contribution in [0.3, 0.4) is 0 Å². The van der Waals surface area contributed by atoms with Crippen molar-refractivity contribution in [2.75, 3.05) is 6.54 Å². The van der Waals surface area contributed by atoms with Crippen LogP contribution in [0.2, 0.25) is 10.0 Å². The van der Waals surface area contributed by atoms with Gasteiger partial charge >= 0.3 is 6.03 Å². The molecule has 1 aromatic carbocycles. The van der Waals surface area contributed by atoms with Crippen LogP contribution in [0.15, 0.2) is 42.6 Å². The van der Waals surface area contributed by atoms with Crippen molar-refractivity contribution in [1.82, 2.24) is 15.2 Å². The fourth-order valence-electron chi connectivity index (χ4n) is 2.01. The summed E-state index contributed by atoms with van der Waals surface area (Å²) in [5.41, 5.74) is 1.74. The minimum atomic E-state index is -0.140. The van der Waals surface area contributed by atoms with Gasteiger partial charge in [-0.2, -0.15) is 0 Å². The first-order valence-electron chi connectivity index (χ1n) is 6.96. The number of hydrogen-bond acceptors (Lipinski definition) is 2. The first-order valence-corrected chi connectivity index (χ1v) is 7.72. The smallest absolute Gasteiger partial charge is 0.318 e. The highest BCUT2D eigenvalue weighted by Gasteiger charge is 2.15. The van der Waals surface area contributed by atoms with E-state index in [1.807, 2.05) is 31.2 Å². The van der Waals surface area contributed by atoms with Crippen LogP contribution >= 0.6 is 23.2 Å². The van der Waals surface area contributed by atoms with Crippen LogP contribution in [-0.4, -0.2) is 22.5 Å². The van der Waals surface area contributed by atoms with Gasteiger partial charge in [-0.1, -0.05) is 35.3 Å². The van der Waals surface area contributed by atoms with E-state index in [4.69, 9.17) is 23.2 Å². The van der Waals surface area contributed by atoms with Crippen LogP contribution in [0.25, 0.3) is 0 Å². The Morgan fingerprint density at radius 1 is 1.18 bits per heavy atom. The Balaban J connectivity index is 2.16. The predicted octanol–water partition coefficient (Wildman–Crippen LogP) is 4.12. The molecular weight excluding hydrogens is 321 g/mol. The van der Waals surface area contributed by atoms with Crippen molar-refractivity contribution in [3.05, 3.63) is 63.9 Å². The first kappa shape index (κ1) is 16.6. The van der Waals surface area contributed by atoms with Crippen molar-refractivity contribution < 1.29 is 4.79 Å². The second kappa shape index (κ2) is 8.01. The third kappa shape index (κ3) is 4.61. The summed E-state index contributed by atoms with van der Waals surface area (Å²) in [5.74, 6) is 0. The predicted molar refractivity (Wildman–Crippen MR) is 89.0 cm³/mol. The summed E-state index contributed by atoms with van der Waals surface area (Å²) >= 11 is 12.0. The number of nitrogens with one attached hydrogen (secondary N) is 1. The van der Waals surface area contributed by atoms with E-state index in [2.05, 4.69) is 10.3 Å². The molecule has 0 saturated heterocycles. The Labute approximate surface area is 140 Å². The maximum Gasteiger partial charge on any atom is 0.318 e. The second-order valence-corrected chi connectivity index (χ2v) is 5.58. The SMILES string of the molecule is CCNC(=O)N(Cc1ccc(Cl)c(Cl)c1)Cc1ccccn1. The largest absolute Gasteiger partial charge is 0.338 e. The maximum atomic E-state index is 12.2. The molecule has 4 nitrogen and oxygen atoms in total. The molecule has 0 aliphatic rings. The average molecular weight is 338 g/mol. The summed E-state index contributed by atoms with van der Waals surface area (Å²) in [6, 6.07) is 10.9. The van der Waals surface area contributed by atoms with Crippen LogP contribution in [0, 0.1) is 0 Å². The third-order valence-corrected chi connectivity index (χ3v) is 3.79. The fourth-order valence-corrected chi connectivity index (χ4v) is 2.33. The Kier molecular flexibility index (Phi) is 6.04. The number of amides is 2. The molecule has 0 saturated carbocycles. The zero-order chi connectivity index (χ0) is 15.9. The van der Waals surface area contributed by atoms with Crippen molar-refractivity contribution in [2.24, 2.45) is 0 Å². The third-order valence-electron chi connectivity index (χ3n) is 3.05. The van der Waals surface area contributed by atoms with E-state index >= 15 is 0 Å². The lowest BCUT2D eigenvalue weighted by Crippen LogP contribution is -2.39. The summed E-state index contributed by atoms with van der Waals surface area (Å²) in [6.45, 7) is 3.31. The maximum absolute atomic E-state index is 12.2. The summed E-state index contributed by atoms with van der Waals surface area (Å²) < 4.78 is 0. The summed E-state index contributed by atoms with van der Waals surface area (Å²) in [4.78, 5) is 18.2. The molecule has 0 unspecified atom stereocenters. The van der Waals surface area contributed by atoms with Gasteiger partial charge in [-0.3, -0.25) is 4.98 Å². The van der Waals surface area contributed by atoms with Gasteiger partial charge in [0.15, 0.2) is 0 Å². The summed E-state index contributed by atoms with van der Waals surface area (Å²) in [5, 5.41) is 3.79. The molecule has 2 amide bonds. The van der Waals surface area contributed by atoms with Gasteiger partial charge in [0.1, 0.15) is 0 Å². The lowest BCUT2D eigenvalue weighted by molar-refractivity contribution is 0.192. The van der Waals surface area contributed by atoms with Crippen molar-refractivity contribution in [3.8, 4) is 0 Å². The molecule has 1 aromatic heterocycles. The Morgan fingerprint density at radius 3 is 2.64 bits per heavy atom. The molecule has 0 spiro atoms. The number of pyridine rings is 1. The minimum absolute atomic E-state index is 0.140. The van der Waals surface area contributed by atoms with E-state index in [-0.39, 0.29) is 6.03 Å². The van der Waals surface area contributed by atoms with Crippen LogP contribution in [0.1, 0.15) is 18.2 Å². The van der Waals surface area contributed by atoms with Crippen molar-refractivity contribution in [2.45, 2.75) is 20.0 Å². The molecule has 1 heterocycles. The van der Waals surface area contributed by atoms with Gasteiger partial charge in [-0.05, 0) is 36.8 Å². The van der Waals surface area contributed by atoms with E-state index in [0.717, 1.165) is 11.3 Å².